The second-order valence-corrected chi connectivity index (χ2v) is 12.0. The first-order chi connectivity index (χ1) is 17.6. The number of likely N-dealkylation sites (N-methyl/N-ethyl adjacent to an activating group) is 1. The van der Waals surface area contributed by atoms with Gasteiger partial charge in [-0.2, -0.15) is 26.3 Å². The molecule has 7 atom stereocenters. The molecule has 3 saturated carbocycles. The van der Waals surface area contributed by atoms with Crippen molar-refractivity contribution in [2.24, 2.45) is 34.5 Å². The van der Waals surface area contributed by atoms with Gasteiger partial charge in [-0.3, -0.25) is 9.59 Å². The minimum Gasteiger partial charge on any atom is -0.338 e. The molecule has 10 heteroatoms. The lowest BCUT2D eigenvalue weighted by Crippen LogP contribution is -2.59. The SMILES string of the molecule is CN1C(=O)C=C[C@@]2(C)C1CC[C@@H]1[C@H]2CC[C@]2(C)C(C(=O)Nc3cc(C(F)(F)F)ccc3C(F)(F)F)CC[C@@H]12. The van der Waals surface area contributed by atoms with Gasteiger partial charge in [-0.1, -0.05) is 19.9 Å². The predicted molar refractivity (Wildman–Crippen MR) is 129 cm³/mol. The zero-order valence-electron chi connectivity index (χ0n) is 21.5. The summed E-state index contributed by atoms with van der Waals surface area (Å²) in [5.41, 5.74) is -4.05. The van der Waals surface area contributed by atoms with Gasteiger partial charge in [0.25, 0.3) is 0 Å². The van der Waals surface area contributed by atoms with E-state index in [-0.39, 0.29) is 23.3 Å². The molecular weight excluding hydrogens is 510 g/mol. The Labute approximate surface area is 217 Å². The van der Waals surface area contributed by atoms with Gasteiger partial charge in [0.15, 0.2) is 0 Å². The summed E-state index contributed by atoms with van der Waals surface area (Å²) in [6, 6.07) is 1.24. The molecule has 4 nitrogen and oxygen atoms in total. The van der Waals surface area contributed by atoms with E-state index in [1.54, 1.807) is 6.08 Å². The molecule has 1 aromatic rings. The maximum Gasteiger partial charge on any atom is 0.418 e. The number of nitrogens with one attached hydrogen (secondary N) is 1. The van der Waals surface area contributed by atoms with Crippen molar-refractivity contribution < 1.29 is 35.9 Å². The Bertz CT molecular complexity index is 1180. The van der Waals surface area contributed by atoms with Crippen LogP contribution in [-0.4, -0.2) is 29.8 Å². The molecule has 2 unspecified atom stereocenters. The third-order valence-corrected chi connectivity index (χ3v) is 10.4. The molecule has 1 N–H and O–H groups in total. The average Bonchev–Trinajstić information content (AvgIpc) is 3.18. The van der Waals surface area contributed by atoms with Gasteiger partial charge in [0.2, 0.25) is 11.8 Å². The van der Waals surface area contributed by atoms with E-state index in [4.69, 9.17) is 0 Å². The summed E-state index contributed by atoms with van der Waals surface area (Å²) in [6.45, 7) is 4.21. The minimum absolute atomic E-state index is 0.00278. The van der Waals surface area contributed by atoms with Crippen LogP contribution in [0.15, 0.2) is 30.4 Å². The van der Waals surface area contributed by atoms with E-state index in [2.05, 4.69) is 12.2 Å². The van der Waals surface area contributed by atoms with Crippen LogP contribution in [-0.2, 0) is 21.9 Å². The lowest BCUT2D eigenvalue weighted by molar-refractivity contribution is -0.141. The fourth-order valence-corrected chi connectivity index (χ4v) is 8.46. The van der Waals surface area contributed by atoms with Crippen LogP contribution in [0.1, 0.15) is 63.5 Å². The van der Waals surface area contributed by atoms with Crippen molar-refractivity contribution in [1.29, 1.82) is 0 Å². The van der Waals surface area contributed by atoms with Crippen molar-refractivity contribution in [2.75, 3.05) is 12.4 Å². The normalized spacial score (nSPS) is 36.9. The van der Waals surface area contributed by atoms with Crippen LogP contribution in [0.3, 0.4) is 0 Å². The number of carbonyl (C=O) groups excluding carboxylic acids is 2. The lowest BCUT2D eigenvalue weighted by Gasteiger charge is -2.60. The molecule has 2 amide bonds. The Balaban J connectivity index is 1.40. The van der Waals surface area contributed by atoms with Gasteiger partial charge < -0.3 is 10.2 Å². The van der Waals surface area contributed by atoms with Gasteiger partial charge in [-0.15, -0.1) is 0 Å². The monoisotopic (exact) mass is 542 g/mol. The molecule has 3 fully saturated rings. The first-order valence-corrected chi connectivity index (χ1v) is 13.1. The number of hydrogen-bond donors (Lipinski definition) is 1. The van der Waals surface area contributed by atoms with Crippen molar-refractivity contribution in [1.82, 2.24) is 4.90 Å². The first kappa shape index (κ1) is 27.1. The molecule has 1 aliphatic heterocycles. The van der Waals surface area contributed by atoms with Crippen LogP contribution in [0.2, 0.25) is 0 Å². The van der Waals surface area contributed by atoms with E-state index in [0.717, 1.165) is 25.7 Å². The Kier molecular flexibility index (Phi) is 6.23. The molecule has 38 heavy (non-hydrogen) atoms. The summed E-state index contributed by atoms with van der Waals surface area (Å²) in [4.78, 5) is 27.5. The van der Waals surface area contributed by atoms with Crippen LogP contribution in [0, 0.1) is 34.5 Å². The maximum absolute atomic E-state index is 13.6. The van der Waals surface area contributed by atoms with Crippen LogP contribution in [0.25, 0.3) is 0 Å². The summed E-state index contributed by atoms with van der Waals surface area (Å²) in [5, 5.41) is 2.25. The maximum atomic E-state index is 13.6. The second-order valence-electron chi connectivity index (χ2n) is 12.0. The van der Waals surface area contributed by atoms with Gasteiger partial charge >= 0.3 is 12.4 Å². The summed E-state index contributed by atoms with van der Waals surface area (Å²) in [6.07, 6.45) is -1.59. The molecule has 0 aromatic heterocycles. The van der Waals surface area contributed by atoms with Crippen molar-refractivity contribution in [3.05, 3.63) is 41.5 Å². The number of carbonyl (C=O) groups is 2. The van der Waals surface area contributed by atoms with Gasteiger partial charge in [0.1, 0.15) is 0 Å². The number of hydrogen-bond acceptors (Lipinski definition) is 2. The summed E-state index contributed by atoms with van der Waals surface area (Å²) in [7, 11) is 1.83. The number of anilines is 1. The molecule has 1 heterocycles. The fraction of sp³-hybridized carbons (Fsp3) is 0.643. The zero-order chi connectivity index (χ0) is 27.8. The summed E-state index contributed by atoms with van der Waals surface area (Å²) >= 11 is 0. The predicted octanol–water partition coefficient (Wildman–Crippen LogP) is 6.92. The molecule has 0 radical (unpaired) electrons. The number of halogens is 6. The smallest absolute Gasteiger partial charge is 0.338 e. The van der Waals surface area contributed by atoms with Gasteiger partial charge in [-0.25, -0.2) is 0 Å². The molecule has 5 rings (SSSR count). The zero-order valence-corrected chi connectivity index (χ0v) is 21.5. The van der Waals surface area contributed by atoms with E-state index in [9.17, 15) is 35.9 Å². The van der Waals surface area contributed by atoms with Crippen LogP contribution < -0.4 is 5.32 Å². The lowest BCUT2D eigenvalue weighted by atomic mass is 9.47. The van der Waals surface area contributed by atoms with E-state index < -0.39 is 46.4 Å². The van der Waals surface area contributed by atoms with Crippen molar-refractivity contribution in [3.63, 3.8) is 0 Å². The van der Waals surface area contributed by atoms with Gasteiger partial charge in [-0.05, 0) is 86.0 Å². The molecule has 0 spiro atoms. The highest BCUT2D eigenvalue weighted by atomic mass is 19.4. The first-order valence-electron chi connectivity index (χ1n) is 13.1. The topological polar surface area (TPSA) is 49.4 Å². The number of nitrogens with zero attached hydrogens (tertiary/aromatic N) is 1. The minimum atomic E-state index is -4.91. The highest BCUT2D eigenvalue weighted by Crippen LogP contribution is 2.65. The Morgan fingerprint density at radius 2 is 1.68 bits per heavy atom. The Morgan fingerprint density at radius 1 is 0.974 bits per heavy atom. The Hall–Kier alpha value is -2.52. The summed E-state index contributed by atoms with van der Waals surface area (Å²) < 4.78 is 80.5. The average molecular weight is 543 g/mol. The standard InChI is InChI=1S/C28H32F6N2O2/c1-25-12-10-18-16(5-9-22-26(18,2)13-11-23(37)36(22)3)17(25)7-8-20(25)24(38)35-21-14-15(27(29,30)31)4-6-19(21)28(32,33)34/h4,6,11,13-14,16-18,20,22H,5,7-10,12H2,1-3H3,(H,35,38)/t16-,17-,18+,20?,22?,25-,26+/m0/s1. The van der Waals surface area contributed by atoms with Crippen LogP contribution in [0.5, 0.6) is 0 Å². The van der Waals surface area contributed by atoms with E-state index in [0.29, 0.717) is 42.9 Å². The van der Waals surface area contributed by atoms with Gasteiger partial charge in [0.05, 0.1) is 16.8 Å². The second kappa shape index (κ2) is 8.74. The molecule has 0 bridgehead atoms. The molecule has 4 aliphatic rings. The fourth-order valence-electron chi connectivity index (χ4n) is 8.46. The van der Waals surface area contributed by atoms with Crippen LogP contribution >= 0.6 is 0 Å². The van der Waals surface area contributed by atoms with E-state index >= 15 is 0 Å². The third-order valence-electron chi connectivity index (χ3n) is 10.4. The van der Waals surface area contributed by atoms with Crippen LogP contribution in [0.4, 0.5) is 32.0 Å². The molecule has 3 aliphatic carbocycles. The van der Waals surface area contributed by atoms with Crippen molar-refractivity contribution >= 4 is 17.5 Å². The molecule has 1 aromatic carbocycles. The van der Waals surface area contributed by atoms with E-state index in [1.807, 2.05) is 24.9 Å². The number of amides is 2. The number of alkyl halides is 6. The molecular formula is C28H32F6N2O2. The van der Waals surface area contributed by atoms with Crippen molar-refractivity contribution in [3.8, 4) is 0 Å². The number of benzene rings is 1. The number of rotatable bonds is 2. The van der Waals surface area contributed by atoms with E-state index in [1.165, 1.54) is 0 Å². The molecule has 0 saturated heterocycles. The van der Waals surface area contributed by atoms with Gasteiger partial charge in [0, 0.05) is 24.4 Å². The van der Waals surface area contributed by atoms with Crippen molar-refractivity contribution in [2.45, 2.75) is 70.8 Å². The quantitative estimate of drug-likeness (QED) is 0.413. The highest BCUT2D eigenvalue weighted by Gasteiger charge is 2.61. The summed E-state index contributed by atoms with van der Waals surface area (Å²) in [5.74, 6) is -0.458. The highest BCUT2D eigenvalue weighted by molar-refractivity contribution is 5.94. The Morgan fingerprint density at radius 3 is 2.34 bits per heavy atom. The molecule has 208 valence electrons. The largest absolute Gasteiger partial charge is 0.418 e. The number of fused-ring (bicyclic) bond motifs is 5. The third kappa shape index (κ3) is 4.13.